The molecule has 3 heterocycles. The van der Waals surface area contributed by atoms with E-state index in [2.05, 4.69) is 15.4 Å². The van der Waals surface area contributed by atoms with Crippen molar-refractivity contribution in [2.75, 3.05) is 25.9 Å². The van der Waals surface area contributed by atoms with Gasteiger partial charge < -0.3 is 16.0 Å². The minimum Gasteiger partial charge on any atom is -0.396 e. The molecule has 2 aromatic heterocycles. The number of aromatic nitrogens is 3. The maximum Gasteiger partial charge on any atom is 0.436 e. The molecule has 0 bridgehead atoms. The van der Waals surface area contributed by atoms with Gasteiger partial charge in [0, 0.05) is 50.6 Å². The maximum atomic E-state index is 13.4. The summed E-state index contributed by atoms with van der Waals surface area (Å²) in [7, 11) is 1.44. The van der Waals surface area contributed by atoms with Crippen LogP contribution < -0.4 is 11.1 Å². The van der Waals surface area contributed by atoms with E-state index in [-0.39, 0.29) is 33.7 Å². The second-order valence-corrected chi connectivity index (χ2v) is 10.5. The topological polar surface area (TPSA) is 106 Å². The van der Waals surface area contributed by atoms with E-state index < -0.39 is 47.4 Å². The van der Waals surface area contributed by atoms with Crippen molar-refractivity contribution in [3.63, 3.8) is 0 Å². The van der Waals surface area contributed by atoms with E-state index in [0.29, 0.717) is 11.8 Å². The van der Waals surface area contributed by atoms with Gasteiger partial charge in [0.15, 0.2) is 11.5 Å². The number of hydrogen-bond donors (Lipinski definition) is 2. The summed E-state index contributed by atoms with van der Waals surface area (Å²) in [5.41, 5.74) is 3.00. The molecular weight excluding hydrogens is 628 g/mol. The number of fused-ring (bicyclic) bond motifs is 1. The Morgan fingerprint density at radius 2 is 1.68 bits per heavy atom. The molecule has 1 aromatic carbocycles. The van der Waals surface area contributed by atoms with E-state index in [0.717, 1.165) is 36.7 Å². The molecule has 1 aliphatic carbocycles. The third-order valence-corrected chi connectivity index (χ3v) is 6.93. The number of hydrogen-bond acceptors (Lipinski definition) is 5. The number of carbonyl (C=O) groups excluding carboxylic acids is 2. The zero-order chi connectivity index (χ0) is 33.0. The van der Waals surface area contributed by atoms with Crippen LogP contribution in [0.1, 0.15) is 66.7 Å². The van der Waals surface area contributed by atoms with E-state index in [1.807, 2.05) is 4.90 Å². The molecule has 1 saturated carbocycles. The van der Waals surface area contributed by atoms with Gasteiger partial charge in [0.05, 0.1) is 27.5 Å². The second-order valence-electron chi connectivity index (χ2n) is 10.1. The van der Waals surface area contributed by atoms with Gasteiger partial charge >= 0.3 is 12.4 Å². The summed E-state index contributed by atoms with van der Waals surface area (Å²) in [5.74, 6) is -2.68. The van der Waals surface area contributed by atoms with Crippen LogP contribution in [-0.4, -0.2) is 57.8 Å². The Kier molecular flexibility index (Phi) is 11.0. The first-order valence-electron chi connectivity index (χ1n) is 13.4. The van der Waals surface area contributed by atoms with E-state index in [9.17, 15) is 44.7 Å². The normalized spacial score (nSPS) is 15.2. The summed E-state index contributed by atoms with van der Waals surface area (Å²) < 4.78 is 101. The predicted octanol–water partition coefficient (Wildman–Crippen LogP) is 6.47. The highest BCUT2D eigenvalue weighted by Gasteiger charge is 2.38. The van der Waals surface area contributed by atoms with Crippen LogP contribution in [0.2, 0.25) is 5.02 Å². The van der Waals surface area contributed by atoms with E-state index >= 15 is 0 Å². The number of anilines is 1. The molecule has 1 aliphatic heterocycles. The van der Waals surface area contributed by atoms with Gasteiger partial charge in [-0.2, -0.15) is 31.4 Å². The Labute approximate surface area is 251 Å². The molecule has 0 unspecified atom stereocenters. The number of pyridine rings is 1. The van der Waals surface area contributed by atoms with Gasteiger partial charge in [-0.3, -0.25) is 14.3 Å². The Morgan fingerprint density at radius 3 is 2.16 bits per heavy atom. The monoisotopic (exact) mass is 656 g/mol. The van der Waals surface area contributed by atoms with Crippen LogP contribution in [0.15, 0.2) is 18.3 Å². The molecule has 0 spiro atoms. The Bertz CT molecular complexity index is 1500. The summed E-state index contributed by atoms with van der Waals surface area (Å²) >= 11 is 5.44. The number of nitrogen functional groups attached to an aromatic ring is 1. The third kappa shape index (κ3) is 9.16. The average molecular weight is 657 g/mol. The number of piperidine rings is 1. The fourth-order valence-corrected chi connectivity index (χ4v) is 4.49. The second kappa shape index (κ2) is 13.9. The minimum atomic E-state index is -5.01. The number of nitrogens with one attached hydrogen (secondary N) is 1. The number of nitrogens with zero attached hydrogens (tertiary/aromatic N) is 4. The highest BCUT2D eigenvalue weighted by Crippen LogP contribution is 2.41. The number of halogens is 9. The summed E-state index contributed by atoms with van der Waals surface area (Å²) in [4.78, 5) is 27.2. The predicted molar refractivity (Wildman–Crippen MR) is 146 cm³/mol. The van der Waals surface area contributed by atoms with Crippen LogP contribution in [0.25, 0.3) is 10.9 Å². The molecule has 8 nitrogen and oxygen atoms in total. The lowest BCUT2D eigenvalue weighted by Crippen LogP contribution is -2.33. The standard InChI is InChI=1S/C10H4ClF5N2.C10H12F3N3O.C7H13NO/c11-4-1-3-6(2-5(4)12)18-9(10(14,15)16)7(13)8(3)17;1-14-9(17)7-4-16(5-10(11,12)13)15-8(7)6-2-3-6;1-7(9)8-5-3-2-4-6-8/h1-2H,(H2,17,18);4,6H,2-3,5H2,1H3,(H,14,17);2-6H2,1H3. The van der Waals surface area contributed by atoms with Crippen molar-refractivity contribution in [3.05, 3.63) is 51.9 Å². The first-order valence-corrected chi connectivity index (χ1v) is 13.7. The molecular formula is C27H29ClF8N6O2. The largest absolute Gasteiger partial charge is 0.436 e. The molecule has 0 radical (unpaired) electrons. The van der Waals surface area contributed by atoms with E-state index in [1.54, 1.807) is 6.92 Å². The highest BCUT2D eigenvalue weighted by atomic mass is 35.5. The first kappa shape index (κ1) is 34.8. The summed E-state index contributed by atoms with van der Waals surface area (Å²) in [6, 6.07) is 1.60. The number of likely N-dealkylation sites (tertiary alicyclic amines) is 1. The molecule has 1 saturated heterocycles. The van der Waals surface area contributed by atoms with E-state index in [1.165, 1.54) is 32.5 Å². The van der Waals surface area contributed by atoms with Crippen molar-refractivity contribution in [1.29, 1.82) is 0 Å². The van der Waals surface area contributed by atoms with Crippen LogP contribution in [0, 0.1) is 11.6 Å². The number of alkyl halides is 6. The molecule has 242 valence electrons. The van der Waals surface area contributed by atoms with Gasteiger partial charge in [0.25, 0.3) is 5.91 Å². The number of benzene rings is 1. The smallest absolute Gasteiger partial charge is 0.396 e. The van der Waals surface area contributed by atoms with Crippen molar-refractivity contribution in [3.8, 4) is 0 Å². The number of nitrogens with two attached hydrogens (primary N) is 1. The van der Waals surface area contributed by atoms with Crippen molar-refractivity contribution >= 4 is 40.0 Å². The highest BCUT2D eigenvalue weighted by molar-refractivity contribution is 6.31. The van der Waals surface area contributed by atoms with Crippen LogP contribution in [-0.2, 0) is 17.5 Å². The van der Waals surface area contributed by atoms with Crippen LogP contribution in [0.4, 0.5) is 40.8 Å². The lowest BCUT2D eigenvalue weighted by Gasteiger charge is -2.24. The maximum absolute atomic E-state index is 13.4. The zero-order valence-electron chi connectivity index (χ0n) is 23.6. The first-order chi connectivity index (χ1) is 20.4. The fraction of sp³-hybridized carbons (Fsp3) is 0.481. The lowest BCUT2D eigenvalue weighted by atomic mass is 10.1. The molecule has 2 amide bonds. The van der Waals surface area contributed by atoms with Crippen molar-refractivity contribution in [1.82, 2.24) is 25.0 Å². The van der Waals surface area contributed by atoms with Crippen molar-refractivity contribution in [2.45, 2.75) is 63.8 Å². The third-order valence-electron chi connectivity index (χ3n) is 6.64. The number of amides is 2. The molecule has 2 fully saturated rings. The van der Waals surface area contributed by atoms with Crippen LogP contribution in [0.5, 0.6) is 0 Å². The van der Waals surface area contributed by atoms with Gasteiger partial charge in [-0.1, -0.05) is 11.6 Å². The quantitative estimate of drug-likeness (QED) is 0.315. The Hall–Kier alpha value is -3.69. The SMILES string of the molecule is CC(=O)N1CCCCC1.CNC(=O)c1cn(CC(F)(F)F)nc1C1CC1.Nc1c(F)c(C(F)(F)F)nc2cc(F)c(Cl)cc12. The molecule has 44 heavy (non-hydrogen) atoms. The molecule has 3 aromatic rings. The zero-order valence-corrected chi connectivity index (χ0v) is 24.3. The Morgan fingerprint density at radius 1 is 1.07 bits per heavy atom. The molecule has 3 N–H and O–H groups in total. The van der Waals surface area contributed by atoms with Gasteiger partial charge in [-0.25, -0.2) is 13.8 Å². The average Bonchev–Trinajstić information content (AvgIpc) is 3.71. The molecule has 5 rings (SSSR count). The molecule has 2 aliphatic rings. The lowest BCUT2D eigenvalue weighted by molar-refractivity contribution is -0.144. The Balaban J connectivity index is 0.000000190. The van der Waals surface area contributed by atoms with Gasteiger partial charge in [-0.15, -0.1) is 0 Å². The number of carbonyl (C=O) groups is 2. The van der Waals surface area contributed by atoms with Gasteiger partial charge in [0.1, 0.15) is 12.4 Å². The van der Waals surface area contributed by atoms with Gasteiger partial charge in [0.2, 0.25) is 5.91 Å². The minimum absolute atomic E-state index is 0.136. The summed E-state index contributed by atoms with van der Waals surface area (Å²) in [6.45, 7) is 2.44. The summed E-state index contributed by atoms with van der Waals surface area (Å²) in [5, 5.41) is 5.72. The fourth-order valence-electron chi connectivity index (χ4n) is 4.33. The summed E-state index contributed by atoms with van der Waals surface area (Å²) in [6.07, 6.45) is -2.72. The van der Waals surface area contributed by atoms with Gasteiger partial charge in [-0.05, 0) is 38.2 Å². The van der Waals surface area contributed by atoms with Crippen LogP contribution >= 0.6 is 11.6 Å². The van der Waals surface area contributed by atoms with Crippen LogP contribution in [0.3, 0.4) is 0 Å². The van der Waals surface area contributed by atoms with Crippen molar-refractivity contribution in [2.24, 2.45) is 0 Å². The van der Waals surface area contributed by atoms with E-state index in [4.69, 9.17) is 17.3 Å². The number of rotatable bonds is 3. The molecule has 17 heteroatoms. The molecule has 0 atom stereocenters. The van der Waals surface area contributed by atoms with Crippen molar-refractivity contribution < 1.29 is 44.7 Å².